The molecular formula is C20H30N4O4. The van der Waals surface area contributed by atoms with Crippen LogP contribution in [-0.2, 0) is 14.4 Å². The second-order valence-electron chi connectivity index (χ2n) is 8.07. The Morgan fingerprint density at radius 3 is 1.71 bits per heavy atom. The van der Waals surface area contributed by atoms with Gasteiger partial charge >= 0.3 is 0 Å². The highest BCUT2D eigenvalue weighted by Crippen LogP contribution is 2.36. The van der Waals surface area contributed by atoms with E-state index in [2.05, 4.69) is 0 Å². The number of Topliss-reactive ketones (excluding diaryl/α,β-unsaturated/α-hetero) is 1. The average Bonchev–Trinajstić information content (AvgIpc) is 2.71. The van der Waals surface area contributed by atoms with Crippen molar-refractivity contribution in [3.63, 3.8) is 0 Å². The Hall–Kier alpha value is -2.29. The number of fused-ring (bicyclic) bond motifs is 1. The lowest BCUT2D eigenvalue weighted by Gasteiger charge is -2.32. The molecule has 1 heterocycles. The molecule has 1 aromatic carbocycles. The fourth-order valence-corrected chi connectivity index (χ4v) is 3.34. The number of aliphatic hydroxyl groups excluding tert-OH is 1. The number of anilines is 2. The molecule has 0 unspecified atom stereocenters. The van der Waals surface area contributed by atoms with Crippen molar-refractivity contribution >= 4 is 29.0 Å². The standard InChI is InChI=1S/C20H30N4O4/c1-12(2)9-23-15-7-5-6-8-16(15)24(10-13(3)4)19(28)20(22,18(23)27)17(26)14(21)11-25/h5-8,12-14,25H,9-11,21-22H2,1-4H3/t14-/m0/s1. The number of hydrogen-bond donors (Lipinski definition) is 3. The van der Waals surface area contributed by atoms with Crippen LogP contribution in [-0.4, -0.2) is 54.0 Å². The lowest BCUT2D eigenvalue weighted by Crippen LogP contribution is -2.71. The Balaban J connectivity index is 2.75. The number of nitrogens with zero attached hydrogens (tertiary/aromatic N) is 2. The summed E-state index contributed by atoms with van der Waals surface area (Å²) in [6.07, 6.45) is 0. The fourth-order valence-electron chi connectivity index (χ4n) is 3.34. The van der Waals surface area contributed by atoms with Gasteiger partial charge in [0, 0.05) is 13.1 Å². The maximum Gasteiger partial charge on any atom is 0.264 e. The van der Waals surface area contributed by atoms with Gasteiger partial charge in [-0.2, -0.15) is 0 Å². The van der Waals surface area contributed by atoms with Crippen LogP contribution in [0.15, 0.2) is 24.3 Å². The van der Waals surface area contributed by atoms with Gasteiger partial charge in [0.1, 0.15) is 0 Å². The lowest BCUT2D eigenvalue weighted by atomic mass is 9.87. The zero-order chi connectivity index (χ0) is 21.2. The Labute approximate surface area is 165 Å². The third-order valence-corrected chi connectivity index (χ3v) is 4.65. The summed E-state index contributed by atoms with van der Waals surface area (Å²) in [6, 6.07) is 5.57. The molecular weight excluding hydrogens is 360 g/mol. The topological polar surface area (TPSA) is 130 Å². The molecule has 0 aliphatic carbocycles. The highest BCUT2D eigenvalue weighted by molar-refractivity contribution is 6.37. The van der Waals surface area contributed by atoms with Gasteiger partial charge in [0.05, 0.1) is 24.0 Å². The molecule has 1 atom stereocenters. The summed E-state index contributed by atoms with van der Waals surface area (Å²) in [4.78, 5) is 42.6. The molecule has 0 saturated carbocycles. The van der Waals surface area contributed by atoms with Crippen molar-refractivity contribution in [2.75, 3.05) is 29.5 Å². The van der Waals surface area contributed by atoms with E-state index < -0.39 is 35.8 Å². The van der Waals surface area contributed by atoms with Gasteiger partial charge in [-0.3, -0.25) is 14.4 Å². The molecule has 28 heavy (non-hydrogen) atoms. The maximum absolute atomic E-state index is 13.5. The number of benzene rings is 1. The van der Waals surface area contributed by atoms with Crippen molar-refractivity contribution in [1.82, 2.24) is 0 Å². The fraction of sp³-hybridized carbons (Fsp3) is 0.550. The quantitative estimate of drug-likeness (QED) is 0.573. The summed E-state index contributed by atoms with van der Waals surface area (Å²) in [5, 5.41) is 9.34. The van der Waals surface area contributed by atoms with Gasteiger partial charge in [0.15, 0.2) is 5.78 Å². The number of aliphatic hydroxyl groups is 1. The second kappa shape index (κ2) is 8.38. The van der Waals surface area contributed by atoms with Crippen molar-refractivity contribution in [3.8, 4) is 0 Å². The Bertz CT molecular complexity index is 713. The van der Waals surface area contributed by atoms with E-state index in [4.69, 9.17) is 11.5 Å². The highest BCUT2D eigenvalue weighted by atomic mass is 16.3. The molecule has 1 aliphatic heterocycles. The first-order chi connectivity index (χ1) is 13.0. The smallest absolute Gasteiger partial charge is 0.264 e. The largest absolute Gasteiger partial charge is 0.394 e. The molecule has 0 radical (unpaired) electrons. The molecule has 0 bridgehead atoms. The van der Waals surface area contributed by atoms with Crippen LogP contribution in [0.3, 0.4) is 0 Å². The van der Waals surface area contributed by atoms with Gasteiger partial charge < -0.3 is 26.4 Å². The van der Waals surface area contributed by atoms with Crippen LogP contribution in [0, 0.1) is 11.8 Å². The number of carbonyl (C=O) groups is 3. The minimum absolute atomic E-state index is 0.0645. The molecule has 154 valence electrons. The van der Waals surface area contributed by atoms with Crippen LogP contribution in [0.5, 0.6) is 0 Å². The second-order valence-corrected chi connectivity index (χ2v) is 8.07. The van der Waals surface area contributed by atoms with Crippen molar-refractivity contribution in [3.05, 3.63) is 24.3 Å². The van der Waals surface area contributed by atoms with Gasteiger partial charge in [0.2, 0.25) is 5.54 Å². The molecule has 0 fully saturated rings. The third kappa shape index (κ3) is 3.80. The first-order valence-electron chi connectivity index (χ1n) is 9.48. The number of ketones is 1. The predicted octanol–water partition coefficient (Wildman–Crippen LogP) is 0.264. The van der Waals surface area contributed by atoms with Gasteiger partial charge in [0.25, 0.3) is 11.8 Å². The minimum atomic E-state index is -2.50. The Morgan fingerprint density at radius 1 is 1.00 bits per heavy atom. The summed E-state index contributed by atoms with van der Waals surface area (Å²) in [5.74, 6) is -2.50. The van der Waals surface area contributed by atoms with E-state index in [0.29, 0.717) is 11.4 Å². The summed E-state index contributed by atoms with van der Waals surface area (Å²) >= 11 is 0. The number of rotatable bonds is 7. The van der Waals surface area contributed by atoms with Crippen LogP contribution >= 0.6 is 0 Å². The first kappa shape index (κ1) is 22.0. The zero-order valence-electron chi connectivity index (χ0n) is 16.9. The molecule has 2 amide bonds. The predicted molar refractivity (Wildman–Crippen MR) is 108 cm³/mol. The van der Waals surface area contributed by atoms with Gasteiger partial charge in [-0.05, 0) is 24.0 Å². The van der Waals surface area contributed by atoms with Gasteiger partial charge in [-0.15, -0.1) is 0 Å². The highest BCUT2D eigenvalue weighted by Gasteiger charge is 2.57. The molecule has 0 aromatic heterocycles. The molecule has 2 rings (SSSR count). The van der Waals surface area contributed by atoms with E-state index in [9.17, 15) is 19.5 Å². The van der Waals surface area contributed by atoms with Crippen molar-refractivity contribution in [2.45, 2.75) is 39.3 Å². The van der Waals surface area contributed by atoms with Crippen molar-refractivity contribution in [2.24, 2.45) is 23.3 Å². The summed E-state index contributed by atoms with van der Waals surface area (Å²) in [6.45, 7) is 7.54. The first-order valence-corrected chi connectivity index (χ1v) is 9.48. The number of para-hydroxylation sites is 2. The van der Waals surface area contributed by atoms with Gasteiger partial charge in [-0.25, -0.2) is 0 Å². The van der Waals surface area contributed by atoms with E-state index in [1.807, 2.05) is 27.7 Å². The van der Waals surface area contributed by atoms with Gasteiger partial charge in [-0.1, -0.05) is 39.8 Å². The molecule has 1 aliphatic rings. The zero-order valence-corrected chi connectivity index (χ0v) is 16.9. The van der Waals surface area contributed by atoms with E-state index in [-0.39, 0.29) is 24.9 Å². The van der Waals surface area contributed by atoms with Crippen LogP contribution in [0.2, 0.25) is 0 Å². The number of carbonyl (C=O) groups excluding carboxylic acids is 3. The van der Waals surface area contributed by atoms with E-state index >= 15 is 0 Å². The van der Waals surface area contributed by atoms with Crippen LogP contribution in [0.1, 0.15) is 27.7 Å². The summed E-state index contributed by atoms with van der Waals surface area (Å²) in [5.41, 5.74) is 10.5. The number of nitrogens with two attached hydrogens (primary N) is 2. The lowest BCUT2D eigenvalue weighted by molar-refractivity contribution is -0.142. The van der Waals surface area contributed by atoms with Crippen LogP contribution in [0.25, 0.3) is 0 Å². The van der Waals surface area contributed by atoms with Crippen molar-refractivity contribution < 1.29 is 19.5 Å². The van der Waals surface area contributed by atoms with Crippen molar-refractivity contribution in [1.29, 1.82) is 0 Å². The van der Waals surface area contributed by atoms with E-state index in [1.54, 1.807) is 24.3 Å². The van der Waals surface area contributed by atoms with Crippen LogP contribution < -0.4 is 21.3 Å². The molecule has 8 heteroatoms. The maximum atomic E-state index is 13.5. The summed E-state index contributed by atoms with van der Waals surface area (Å²) < 4.78 is 0. The monoisotopic (exact) mass is 390 g/mol. The molecule has 5 N–H and O–H groups in total. The third-order valence-electron chi connectivity index (χ3n) is 4.65. The average molecular weight is 390 g/mol. The molecule has 0 spiro atoms. The number of amides is 2. The van der Waals surface area contributed by atoms with E-state index in [0.717, 1.165) is 0 Å². The van der Waals surface area contributed by atoms with Crippen LogP contribution in [0.4, 0.5) is 11.4 Å². The number of hydrogen-bond acceptors (Lipinski definition) is 6. The molecule has 0 saturated heterocycles. The van der Waals surface area contributed by atoms with E-state index in [1.165, 1.54) is 9.80 Å². The molecule has 1 aromatic rings. The summed E-state index contributed by atoms with van der Waals surface area (Å²) in [7, 11) is 0. The SMILES string of the molecule is CC(C)CN1C(=O)C(N)(C(=O)[C@@H](N)CO)C(=O)N(CC(C)C)c2ccccc21. The Morgan fingerprint density at radius 2 is 1.39 bits per heavy atom. The normalized spacial score (nSPS) is 17.8. The minimum Gasteiger partial charge on any atom is -0.394 e. The Kier molecular flexibility index (Phi) is 6.59. The molecule has 8 nitrogen and oxygen atoms in total.